The molecule has 16 heavy (non-hydrogen) atoms. The van der Waals surface area contributed by atoms with Crippen LogP contribution in [0.25, 0.3) is 0 Å². The highest BCUT2D eigenvalue weighted by atomic mass is 35.6. The van der Waals surface area contributed by atoms with E-state index in [0.717, 1.165) is 7.11 Å². The van der Waals surface area contributed by atoms with Gasteiger partial charge in [0.25, 0.3) is 0 Å². The van der Waals surface area contributed by atoms with E-state index in [9.17, 15) is 9.36 Å². The zero-order chi connectivity index (χ0) is 12.8. The van der Waals surface area contributed by atoms with Crippen LogP contribution >= 0.6 is 42.4 Å². The fraction of sp³-hybridized carbons (Fsp3) is 0.857. The summed E-state index contributed by atoms with van der Waals surface area (Å²) in [6.45, 7) is 1.27. The van der Waals surface area contributed by atoms with E-state index in [1.165, 1.54) is 0 Å². The highest BCUT2D eigenvalue weighted by Crippen LogP contribution is 2.49. The highest BCUT2D eigenvalue weighted by molar-refractivity contribution is 7.54. The normalized spacial score (nSPS) is 15.6. The number of alkyl halides is 3. The third kappa shape index (κ3) is 7.71. The predicted octanol–water partition coefficient (Wildman–Crippen LogP) is 2.78. The Morgan fingerprint density at radius 1 is 1.31 bits per heavy atom. The van der Waals surface area contributed by atoms with Crippen LogP contribution in [0.1, 0.15) is 6.92 Å². The van der Waals surface area contributed by atoms with E-state index in [-0.39, 0.29) is 6.61 Å². The molecule has 0 aromatic heterocycles. The molecule has 0 aliphatic rings. The first-order valence-electron chi connectivity index (χ1n) is 4.24. The fourth-order valence-electron chi connectivity index (χ4n) is 0.719. The van der Waals surface area contributed by atoms with Crippen molar-refractivity contribution < 1.29 is 23.1 Å². The minimum absolute atomic E-state index is 0.105. The molecule has 0 bridgehead atoms. The van der Waals surface area contributed by atoms with Gasteiger partial charge in [-0.25, -0.2) is 0 Å². The van der Waals surface area contributed by atoms with Gasteiger partial charge in [0.05, 0.1) is 13.7 Å². The number of ether oxygens (including phenoxy) is 1. The third-order valence-electron chi connectivity index (χ3n) is 1.30. The van der Waals surface area contributed by atoms with Crippen molar-refractivity contribution >= 4 is 48.4 Å². The molecule has 0 aromatic rings. The summed E-state index contributed by atoms with van der Waals surface area (Å²) < 4.78 is 24.2. The van der Waals surface area contributed by atoms with Gasteiger partial charge in [-0.1, -0.05) is 34.8 Å². The molecule has 0 radical (unpaired) electrons. The summed E-state index contributed by atoms with van der Waals surface area (Å²) >= 11 is 16.3. The first-order valence-corrected chi connectivity index (χ1v) is 7.10. The number of halogens is 3. The van der Waals surface area contributed by atoms with Gasteiger partial charge < -0.3 is 13.8 Å². The average Bonchev–Trinajstić information content (AvgIpc) is 2.14. The highest BCUT2D eigenvalue weighted by Gasteiger charge is 2.32. The van der Waals surface area contributed by atoms with Crippen LogP contribution in [0.3, 0.4) is 0 Å². The largest absolute Gasteiger partial charge is 0.469 e. The molecular weight excluding hydrogens is 301 g/mol. The molecular formula is C7H12Cl3O5P. The molecule has 0 spiro atoms. The molecule has 0 N–H and O–H groups in total. The number of methoxy groups -OCH3 is 1. The molecule has 9 heteroatoms. The van der Waals surface area contributed by atoms with Gasteiger partial charge in [0, 0.05) is 0 Å². The molecule has 5 nitrogen and oxygen atoms in total. The lowest BCUT2D eigenvalue weighted by molar-refractivity contribution is -0.137. The predicted molar refractivity (Wildman–Crippen MR) is 62.4 cm³/mol. The van der Waals surface area contributed by atoms with Crippen molar-refractivity contribution in [2.45, 2.75) is 10.7 Å². The molecule has 0 saturated heterocycles. The summed E-state index contributed by atoms with van der Waals surface area (Å²) in [5.74, 6) is -0.721. The van der Waals surface area contributed by atoms with Crippen molar-refractivity contribution in [2.75, 3.05) is 26.5 Å². The molecule has 0 aliphatic heterocycles. The van der Waals surface area contributed by atoms with E-state index in [0.29, 0.717) is 0 Å². The number of carbonyl (C=O) groups is 1. The van der Waals surface area contributed by atoms with E-state index in [2.05, 4.69) is 4.74 Å². The van der Waals surface area contributed by atoms with Crippen molar-refractivity contribution in [1.29, 1.82) is 0 Å². The van der Waals surface area contributed by atoms with Crippen molar-refractivity contribution in [1.82, 2.24) is 0 Å². The first kappa shape index (κ1) is 16.5. The molecule has 0 aromatic carbocycles. The number of hydrogen-bond acceptors (Lipinski definition) is 5. The Hall–Kier alpha value is 0.490. The zero-order valence-corrected chi connectivity index (χ0v) is 11.9. The summed E-state index contributed by atoms with van der Waals surface area (Å²) in [7, 11) is -2.46. The maximum Gasteiger partial charge on any atom is 0.341 e. The monoisotopic (exact) mass is 312 g/mol. The van der Waals surface area contributed by atoms with Gasteiger partial charge in [0.15, 0.2) is 0 Å². The Labute approximate surface area is 109 Å². The Morgan fingerprint density at radius 2 is 1.88 bits per heavy atom. The molecule has 1 atom stereocenters. The lowest BCUT2D eigenvalue weighted by Gasteiger charge is -2.19. The summed E-state index contributed by atoms with van der Waals surface area (Å²) in [6.07, 6.45) is -0.516. The average molecular weight is 314 g/mol. The SMILES string of the molecule is CCOP(=O)(CC(=O)OC)OCC(Cl)(Cl)Cl. The summed E-state index contributed by atoms with van der Waals surface area (Å²) in [4.78, 5) is 11.0. The molecule has 0 fully saturated rings. The number of rotatable bonds is 6. The van der Waals surface area contributed by atoms with Crippen LogP contribution in [0.15, 0.2) is 0 Å². The standard InChI is InChI=1S/C7H12Cl3O5P/c1-3-14-16(12,4-6(11)13-2)15-5-7(8,9)10/h3-5H2,1-2H3. The molecule has 1 unspecified atom stereocenters. The minimum atomic E-state index is -3.62. The van der Waals surface area contributed by atoms with Crippen LogP contribution in [-0.4, -0.2) is 36.2 Å². The number of carbonyl (C=O) groups excluding carboxylic acids is 1. The van der Waals surface area contributed by atoms with Gasteiger partial charge in [-0.05, 0) is 6.92 Å². The minimum Gasteiger partial charge on any atom is -0.469 e. The molecule has 0 saturated carbocycles. The summed E-state index contributed by atoms with van der Waals surface area (Å²) in [5.41, 5.74) is 0. The molecule has 0 amide bonds. The number of esters is 1. The smallest absolute Gasteiger partial charge is 0.341 e. The Morgan fingerprint density at radius 3 is 2.25 bits per heavy atom. The molecule has 0 rings (SSSR count). The van der Waals surface area contributed by atoms with Crippen LogP contribution in [0.4, 0.5) is 0 Å². The molecule has 96 valence electrons. The molecule has 0 heterocycles. The van der Waals surface area contributed by atoms with Gasteiger partial charge in [0.1, 0.15) is 12.8 Å². The van der Waals surface area contributed by atoms with Gasteiger partial charge in [-0.3, -0.25) is 9.36 Å². The van der Waals surface area contributed by atoms with E-state index >= 15 is 0 Å². The topological polar surface area (TPSA) is 61.8 Å². The van der Waals surface area contributed by atoms with E-state index in [4.69, 9.17) is 43.9 Å². The Bertz CT molecular complexity index is 278. The van der Waals surface area contributed by atoms with Crippen LogP contribution in [-0.2, 0) is 23.1 Å². The summed E-state index contributed by atoms with van der Waals surface area (Å²) in [6, 6.07) is 0. The van der Waals surface area contributed by atoms with Crippen molar-refractivity contribution in [3.05, 3.63) is 0 Å². The van der Waals surface area contributed by atoms with E-state index in [1.54, 1.807) is 6.92 Å². The lowest BCUT2D eigenvalue weighted by atomic mass is 10.8. The zero-order valence-electron chi connectivity index (χ0n) is 8.74. The van der Waals surface area contributed by atoms with E-state index < -0.39 is 30.1 Å². The van der Waals surface area contributed by atoms with E-state index in [1.807, 2.05) is 0 Å². The van der Waals surface area contributed by atoms with Crippen LogP contribution in [0.2, 0.25) is 0 Å². The van der Waals surface area contributed by atoms with Crippen molar-refractivity contribution in [3.63, 3.8) is 0 Å². The van der Waals surface area contributed by atoms with Gasteiger partial charge in [-0.2, -0.15) is 0 Å². The van der Waals surface area contributed by atoms with Gasteiger partial charge in [0.2, 0.25) is 3.79 Å². The van der Waals surface area contributed by atoms with Crippen molar-refractivity contribution in [2.24, 2.45) is 0 Å². The van der Waals surface area contributed by atoms with Gasteiger partial charge >= 0.3 is 13.6 Å². The van der Waals surface area contributed by atoms with Crippen molar-refractivity contribution in [3.8, 4) is 0 Å². The second-order valence-corrected chi connectivity index (χ2v) is 7.22. The Balaban J connectivity index is 4.45. The lowest BCUT2D eigenvalue weighted by Crippen LogP contribution is -2.17. The van der Waals surface area contributed by atoms with Crippen LogP contribution < -0.4 is 0 Å². The number of hydrogen-bond donors (Lipinski definition) is 0. The molecule has 0 aliphatic carbocycles. The first-order chi connectivity index (χ1) is 7.22. The quantitative estimate of drug-likeness (QED) is 0.429. The van der Waals surface area contributed by atoms with Gasteiger partial charge in [-0.15, -0.1) is 0 Å². The fourth-order valence-corrected chi connectivity index (χ4v) is 2.60. The second-order valence-electron chi connectivity index (χ2n) is 2.65. The Kier molecular flexibility index (Phi) is 7.26. The van der Waals surface area contributed by atoms with Crippen LogP contribution in [0, 0.1) is 0 Å². The maximum atomic E-state index is 11.9. The second kappa shape index (κ2) is 7.04. The third-order valence-corrected chi connectivity index (χ3v) is 3.45. The summed E-state index contributed by atoms with van der Waals surface area (Å²) in [5, 5.41) is 0. The van der Waals surface area contributed by atoms with Crippen LogP contribution in [0.5, 0.6) is 0 Å². The maximum absolute atomic E-state index is 11.9.